The summed E-state index contributed by atoms with van der Waals surface area (Å²) < 4.78 is 46.5. The minimum atomic E-state index is -2.55. The molecule has 0 radical (unpaired) electrons. The highest BCUT2D eigenvalue weighted by Crippen LogP contribution is 2.19. The quantitative estimate of drug-likeness (QED) is 0.550. The SMILES string of the molecule is CCCC(F)C(F)=C(F)F. The fourth-order valence-electron chi connectivity index (χ4n) is 0.499. The van der Waals surface area contributed by atoms with Crippen molar-refractivity contribution in [3.63, 3.8) is 0 Å². The maximum atomic E-state index is 12.1. The standard InChI is InChI=1S/C6H8F4/c1-2-3-4(7)5(8)6(9)10/h4H,2-3H2,1H3. The van der Waals surface area contributed by atoms with Gasteiger partial charge in [-0.15, -0.1) is 0 Å². The zero-order valence-electron chi connectivity index (χ0n) is 5.50. The van der Waals surface area contributed by atoms with E-state index in [4.69, 9.17) is 0 Å². The van der Waals surface area contributed by atoms with Crippen molar-refractivity contribution in [3.8, 4) is 0 Å². The second-order valence-corrected chi connectivity index (χ2v) is 1.86. The van der Waals surface area contributed by atoms with Crippen LogP contribution in [-0.2, 0) is 0 Å². The molecule has 4 heteroatoms. The smallest absolute Gasteiger partial charge is 0.240 e. The van der Waals surface area contributed by atoms with Gasteiger partial charge in [-0.05, 0) is 6.42 Å². The summed E-state index contributed by atoms with van der Waals surface area (Å²) in [5.41, 5.74) is 0. The van der Waals surface area contributed by atoms with Gasteiger partial charge in [-0.1, -0.05) is 13.3 Å². The third-order valence-corrected chi connectivity index (χ3v) is 0.998. The molecule has 1 unspecified atom stereocenters. The van der Waals surface area contributed by atoms with Crippen molar-refractivity contribution < 1.29 is 17.6 Å². The van der Waals surface area contributed by atoms with Crippen LogP contribution in [0, 0.1) is 0 Å². The molecule has 0 saturated heterocycles. The lowest BCUT2D eigenvalue weighted by Crippen LogP contribution is -2.00. The predicted molar refractivity (Wildman–Crippen MR) is 30.2 cm³/mol. The van der Waals surface area contributed by atoms with Gasteiger partial charge in [0.05, 0.1) is 0 Å². The van der Waals surface area contributed by atoms with Crippen molar-refractivity contribution in [3.05, 3.63) is 11.9 Å². The van der Waals surface area contributed by atoms with Crippen LogP contribution in [0.1, 0.15) is 19.8 Å². The van der Waals surface area contributed by atoms with E-state index in [1.165, 1.54) is 0 Å². The first-order valence-electron chi connectivity index (χ1n) is 2.94. The number of hydrogen-bond donors (Lipinski definition) is 0. The van der Waals surface area contributed by atoms with Crippen molar-refractivity contribution in [2.24, 2.45) is 0 Å². The van der Waals surface area contributed by atoms with Crippen LogP contribution >= 0.6 is 0 Å². The zero-order chi connectivity index (χ0) is 8.15. The molecular weight excluding hydrogens is 148 g/mol. The monoisotopic (exact) mass is 156 g/mol. The zero-order valence-corrected chi connectivity index (χ0v) is 5.50. The molecule has 0 aromatic rings. The Bertz CT molecular complexity index is 126. The Balaban J connectivity index is 3.94. The first-order valence-corrected chi connectivity index (χ1v) is 2.94. The van der Waals surface area contributed by atoms with Crippen LogP contribution in [0.25, 0.3) is 0 Å². The van der Waals surface area contributed by atoms with Gasteiger partial charge >= 0.3 is 6.08 Å². The van der Waals surface area contributed by atoms with Gasteiger partial charge in [0, 0.05) is 0 Å². The molecule has 0 saturated carbocycles. The molecule has 0 heterocycles. The van der Waals surface area contributed by atoms with Crippen molar-refractivity contribution >= 4 is 0 Å². The molecule has 0 rings (SSSR count). The summed E-state index contributed by atoms with van der Waals surface area (Å²) in [5, 5.41) is 0. The summed E-state index contributed by atoms with van der Waals surface area (Å²) in [5.74, 6) is -1.93. The molecule has 0 amide bonds. The summed E-state index contributed by atoms with van der Waals surface area (Å²) in [6.07, 6.45) is -4.53. The number of halogens is 4. The van der Waals surface area contributed by atoms with Crippen molar-refractivity contribution in [2.45, 2.75) is 25.9 Å². The highest BCUT2D eigenvalue weighted by molar-refractivity contribution is 4.98. The van der Waals surface area contributed by atoms with Gasteiger partial charge in [0.25, 0.3) is 0 Å². The summed E-state index contributed by atoms with van der Waals surface area (Å²) in [7, 11) is 0. The Labute approximate surface area is 56.5 Å². The second-order valence-electron chi connectivity index (χ2n) is 1.86. The minimum absolute atomic E-state index is 0.191. The van der Waals surface area contributed by atoms with Crippen molar-refractivity contribution in [1.29, 1.82) is 0 Å². The van der Waals surface area contributed by atoms with Crippen LogP contribution in [0.2, 0.25) is 0 Å². The van der Waals surface area contributed by atoms with E-state index in [1.54, 1.807) is 6.92 Å². The number of rotatable bonds is 3. The lowest BCUT2D eigenvalue weighted by Gasteiger charge is -2.00. The van der Waals surface area contributed by atoms with Gasteiger partial charge in [-0.25, -0.2) is 8.78 Å². The van der Waals surface area contributed by atoms with E-state index in [0.717, 1.165) is 0 Å². The summed E-state index contributed by atoms with van der Waals surface area (Å²) >= 11 is 0. The summed E-state index contributed by atoms with van der Waals surface area (Å²) in [4.78, 5) is 0. The topological polar surface area (TPSA) is 0 Å². The van der Waals surface area contributed by atoms with Crippen LogP contribution in [0.15, 0.2) is 11.9 Å². The molecule has 0 aromatic heterocycles. The lowest BCUT2D eigenvalue weighted by molar-refractivity contribution is 0.269. The van der Waals surface area contributed by atoms with Gasteiger partial charge < -0.3 is 0 Å². The fourth-order valence-corrected chi connectivity index (χ4v) is 0.499. The first kappa shape index (κ1) is 9.46. The van der Waals surface area contributed by atoms with E-state index in [9.17, 15) is 17.6 Å². The Morgan fingerprint density at radius 2 is 1.80 bits per heavy atom. The third-order valence-electron chi connectivity index (χ3n) is 0.998. The highest BCUT2D eigenvalue weighted by atomic mass is 19.3. The normalized spacial score (nSPS) is 12.9. The molecule has 10 heavy (non-hydrogen) atoms. The third kappa shape index (κ3) is 2.85. The Morgan fingerprint density at radius 1 is 1.30 bits per heavy atom. The highest BCUT2D eigenvalue weighted by Gasteiger charge is 2.16. The van der Waals surface area contributed by atoms with Crippen molar-refractivity contribution in [2.75, 3.05) is 0 Å². The van der Waals surface area contributed by atoms with Gasteiger partial charge in [0.2, 0.25) is 0 Å². The first-order chi connectivity index (χ1) is 4.59. The minimum Gasteiger partial charge on any atom is -0.240 e. The molecule has 0 nitrogen and oxygen atoms in total. The molecule has 0 aliphatic heterocycles. The van der Waals surface area contributed by atoms with Crippen molar-refractivity contribution in [1.82, 2.24) is 0 Å². The fraction of sp³-hybridized carbons (Fsp3) is 0.667. The molecular formula is C6H8F4. The molecule has 0 fully saturated rings. The van der Waals surface area contributed by atoms with E-state index in [0.29, 0.717) is 6.42 Å². The van der Waals surface area contributed by atoms with E-state index in [-0.39, 0.29) is 6.42 Å². The maximum Gasteiger partial charge on any atom is 0.304 e. The van der Waals surface area contributed by atoms with Crippen LogP contribution in [0.4, 0.5) is 17.6 Å². The average Bonchev–Trinajstić information content (AvgIpc) is 1.87. The molecule has 0 aromatic carbocycles. The summed E-state index contributed by atoms with van der Waals surface area (Å²) in [6.45, 7) is 1.59. The lowest BCUT2D eigenvalue weighted by atomic mass is 10.2. The van der Waals surface area contributed by atoms with E-state index < -0.39 is 18.1 Å². The molecule has 1 atom stereocenters. The Morgan fingerprint density at radius 3 is 2.10 bits per heavy atom. The van der Waals surface area contributed by atoms with Crippen LogP contribution in [0.5, 0.6) is 0 Å². The number of allylic oxidation sites excluding steroid dienone is 1. The Kier molecular flexibility index (Phi) is 4.07. The van der Waals surface area contributed by atoms with Gasteiger partial charge in [0.1, 0.15) is 0 Å². The molecule has 0 spiro atoms. The average molecular weight is 156 g/mol. The molecule has 0 N–H and O–H groups in total. The van der Waals surface area contributed by atoms with E-state index >= 15 is 0 Å². The van der Waals surface area contributed by atoms with Gasteiger partial charge in [0.15, 0.2) is 12.0 Å². The van der Waals surface area contributed by atoms with Crippen LogP contribution < -0.4 is 0 Å². The molecule has 0 aliphatic carbocycles. The van der Waals surface area contributed by atoms with E-state index in [1.807, 2.05) is 0 Å². The second kappa shape index (κ2) is 4.30. The summed E-state index contributed by atoms with van der Waals surface area (Å²) in [6, 6.07) is 0. The van der Waals surface area contributed by atoms with Gasteiger partial charge in [-0.3, -0.25) is 0 Å². The number of hydrogen-bond acceptors (Lipinski definition) is 0. The van der Waals surface area contributed by atoms with Gasteiger partial charge in [-0.2, -0.15) is 8.78 Å². The van der Waals surface area contributed by atoms with Crippen LogP contribution in [-0.4, -0.2) is 6.17 Å². The van der Waals surface area contributed by atoms with Crippen LogP contribution in [0.3, 0.4) is 0 Å². The maximum absolute atomic E-state index is 12.1. The Hall–Kier alpha value is -0.540. The predicted octanol–water partition coefficient (Wildman–Crippen LogP) is 3.20. The molecule has 0 aliphatic rings. The number of alkyl halides is 1. The van der Waals surface area contributed by atoms with E-state index in [2.05, 4.69) is 0 Å². The molecule has 0 bridgehead atoms. The largest absolute Gasteiger partial charge is 0.304 e. The molecule has 60 valence electrons.